The fraction of sp³-hybridized carbons (Fsp3) is 0.769. The van der Waals surface area contributed by atoms with Crippen LogP contribution < -0.4 is 0 Å². The van der Waals surface area contributed by atoms with E-state index in [2.05, 4.69) is 13.5 Å². The molecular formula is C13H20O2. The van der Waals surface area contributed by atoms with E-state index in [0.29, 0.717) is 17.9 Å². The first-order chi connectivity index (χ1) is 7.05. The van der Waals surface area contributed by atoms with Crippen LogP contribution in [0, 0.1) is 11.8 Å². The normalized spacial score (nSPS) is 38.0. The second-order valence-corrected chi connectivity index (χ2v) is 5.24. The fourth-order valence-corrected chi connectivity index (χ4v) is 3.11. The predicted octanol–water partition coefficient (Wildman–Crippen LogP) is 3.07. The summed E-state index contributed by atoms with van der Waals surface area (Å²) in [7, 11) is 0. The third-order valence-corrected chi connectivity index (χ3v) is 4.14. The summed E-state index contributed by atoms with van der Waals surface area (Å²) < 4.78 is 5.65. The van der Waals surface area contributed by atoms with Gasteiger partial charge in [0.25, 0.3) is 0 Å². The highest BCUT2D eigenvalue weighted by Crippen LogP contribution is 2.52. The molecule has 2 rings (SSSR count). The van der Waals surface area contributed by atoms with Crippen LogP contribution in [-0.4, -0.2) is 11.6 Å². The maximum Gasteiger partial charge on any atom is 0.333 e. The van der Waals surface area contributed by atoms with Crippen molar-refractivity contribution in [1.29, 1.82) is 0 Å². The molecule has 84 valence electrons. The quantitative estimate of drug-likeness (QED) is 0.526. The average Bonchev–Trinajstić information content (AvgIpc) is 2.75. The maximum atomic E-state index is 11.7. The van der Waals surface area contributed by atoms with Gasteiger partial charge in [-0.05, 0) is 50.9 Å². The maximum absolute atomic E-state index is 11.7. The number of rotatable bonds is 3. The van der Waals surface area contributed by atoms with E-state index >= 15 is 0 Å². The standard InChI is InChI=1S/C13H20O2/c1-4-9(2)12(14)15-13(3)8-10-5-6-11(13)7-10/h10-11H,2,4-8H2,1,3H3. The second-order valence-electron chi connectivity index (χ2n) is 5.24. The lowest BCUT2D eigenvalue weighted by Gasteiger charge is -2.33. The summed E-state index contributed by atoms with van der Waals surface area (Å²) in [6.45, 7) is 7.77. The summed E-state index contributed by atoms with van der Waals surface area (Å²) in [5.41, 5.74) is 0.400. The minimum absolute atomic E-state index is 0.187. The molecule has 0 aliphatic heterocycles. The van der Waals surface area contributed by atoms with Crippen molar-refractivity contribution in [1.82, 2.24) is 0 Å². The lowest BCUT2D eigenvalue weighted by Crippen LogP contribution is -2.37. The van der Waals surface area contributed by atoms with E-state index in [0.717, 1.165) is 12.3 Å². The van der Waals surface area contributed by atoms with E-state index in [9.17, 15) is 4.79 Å². The van der Waals surface area contributed by atoms with Crippen molar-refractivity contribution in [3.8, 4) is 0 Å². The van der Waals surface area contributed by atoms with E-state index in [4.69, 9.17) is 4.74 Å². The third-order valence-electron chi connectivity index (χ3n) is 4.14. The van der Waals surface area contributed by atoms with E-state index in [1.807, 2.05) is 6.92 Å². The van der Waals surface area contributed by atoms with Crippen LogP contribution in [0.5, 0.6) is 0 Å². The highest BCUT2D eigenvalue weighted by atomic mass is 16.6. The molecule has 0 radical (unpaired) electrons. The summed E-state index contributed by atoms with van der Waals surface area (Å²) in [6.07, 6.45) is 5.55. The molecule has 2 heteroatoms. The van der Waals surface area contributed by atoms with Crippen LogP contribution in [0.3, 0.4) is 0 Å². The number of esters is 1. The molecule has 2 aliphatic rings. The van der Waals surface area contributed by atoms with Gasteiger partial charge in [-0.3, -0.25) is 0 Å². The predicted molar refractivity (Wildman–Crippen MR) is 59.4 cm³/mol. The molecule has 0 aromatic carbocycles. The summed E-state index contributed by atoms with van der Waals surface area (Å²) in [6, 6.07) is 0. The molecule has 0 N–H and O–H groups in total. The molecule has 2 nitrogen and oxygen atoms in total. The molecule has 0 saturated heterocycles. The van der Waals surface area contributed by atoms with Gasteiger partial charge < -0.3 is 4.74 Å². The number of ether oxygens (including phenoxy) is 1. The van der Waals surface area contributed by atoms with Gasteiger partial charge in [0.05, 0.1) is 0 Å². The van der Waals surface area contributed by atoms with Gasteiger partial charge in [0.2, 0.25) is 0 Å². The summed E-state index contributed by atoms with van der Waals surface area (Å²) >= 11 is 0. The molecule has 0 spiro atoms. The Hall–Kier alpha value is -0.790. The van der Waals surface area contributed by atoms with Crippen LogP contribution >= 0.6 is 0 Å². The number of carbonyl (C=O) groups is 1. The summed E-state index contributed by atoms with van der Waals surface area (Å²) in [5.74, 6) is 1.20. The van der Waals surface area contributed by atoms with Crippen LogP contribution in [0.25, 0.3) is 0 Å². The monoisotopic (exact) mass is 208 g/mol. The topological polar surface area (TPSA) is 26.3 Å². The van der Waals surface area contributed by atoms with Crippen molar-refractivity contribution in [2.45, 2.75) is 51.6 Å². The lowest BCUT2D eigenvalue weighted by atomic mass is 9.85. The smallest absolute Gasteiger partial charge is 0.333 e. The second kappa shape index (κ2) is 3.66. The molecule has 0 heterocycles. The Morgan fingerprint density at radius 3 is 2.73 bits per heavy atom. The summed E-state index contributed by atoms with van der Waals surface area (Å²) in [4.78, 5) is 11.7. The molecule has 0 aromatic rings. The molecule has 0 aromatic heterocycles. The molecule has 2 aliphatic carbocycles. The molecular weight excluding hydrogens is 188 g/mol. The van der Waals surface area contributed by atoms with Gasteiger partial charge in [-0.15, -0.1) is 0 Å². The first-order valence-electron chi connectivity index (χ1n) is 5.96. The number of fused-ring (bicyclic) bond motifs is 2. The SMILES string of the molecule is C=C(CC)C(=O)OC1(C)CC2CCC1C2. The van der Waals surface area contributed by atoms with Crippen molar-refractivity contribution in [2.24, 2.45) is 11.8 Å². The van der Waals surface area contributed by atoms with Gasteiger partial charge in [0.1, 0.15) is 5.60 Å². The van der Waals surface area contributed by atoms with Crippen LogP contribution in [-0.2, 0) is 9.53 Å². The van der Waals surface area contributed by atoms with Crippen LogP contribution in [0.4, 0.5) is 0 Å². The van der Waals surface area contributed by atoms with Crippen LogP contribution in [0.2, 0.25) is 0 Å². The summed E-state index contributed by atoms with van der Waals surface area (Å²) in [5, 5.41) is 0. The van der Waals surface area contributed by atoms with E-state index < -0.39 is 0 Å². The van der Waals surface area contributed by atoms with Crippen molar-refractivity contribution < 1.29 is 9.53 Å². The first-order valence-corrected chi connectivity index (χ1v) is 5.96. The fourth-order valence-electron chi connectivity index (χ4n) is 3.11. The van der Waals surface area contributed by atoms with Gasteiger partial charge >= 0.3 is 5.97 Å². The molecule has 2 fully saturated rings. The van der Waals surface area contributed by atoms with Gasteiger partial charge in [-0.2, -0.15) is 0 Å². The Bertz CT molecular complexity index is 295. The van der Waals surface area contributed by atoms with E-state index in [-0.39, 0.29) is 11.6 Å². The highest BCUT2D eigenvalue weighted by molar-refractivity contribution is 5.87. The molecule has 3 unspecified atom stereocenters. The number of hydrogen-bond donors (Lipinski definition) is 0. The molecule has 15 heavy (non-hydrogen) atoms. The van der Waals surface area contributed by atoms with Crippen molar-refractivity contribution in [3.63, 3.8) is 0 Å². The van der Waals surface area contributed by atoms with Crippen molar-refractivity contribution in [3.05, 3.63) is 12.2 Å². The number of carbonyl (C=O) groups excluding carboxylic acids is 1. The Morgan fingerprint density at radius 1 is 1.53 bits per heavy atom. The van der Waals surface area contributed by atoms with Gasteiger partial charge in [0, 0.05) is 5.57 Å². The van der Waals surface area contributed by atoms with Crippen LogP contribution in [0.1, 0.15) is 46.0 Å². The largest absolute Gasteiger partial charge is 0.456 e. The van der Waals surface area contributed by atoms with Gasteiger partial charge in [-0.1, -0.05) is 13.5 Å². The lowest BCUT2D eigenvalue weighted by molar-refractivity contribution is -0.158. The highest BCUT2D eigenvalue weighted by Gasteiger charge is 2.50. The third kappa shape index (κ3) is 1.82. The average molecular weight is 208 g/mol. The first kappa shape index (κ1) is 10.7. The zero-order valence-electron chi connectivity index (χ0n) is 9.71. The van der Waals surface area contributed by atoms with E-state index in [1.54, 1.807) is 0 Å². The van der Waals surface area contributed by atoms with Gasteiger partial charge in [0.15, 0.2) is 0 Å². The molecule has 0 amide bonds. The minimum atomic E-state index is -0.196. The Labute approximate surface area is 91.7 Å². The molecule has 3 atom stereocenters. The Balaban J connectivity index is 2.00. The Kier molecular flexibility index (Phi) is 2.61. The van der Waals surface area contributed by atoms with Crippen molar-refractivity contribution in [2.75, 3.05) is 0 Å². The molecule has 2 saturated carbocycles. The zero-order chi connectivity index (χ0) is 11.1. The molecule has 2 bridgehead atoms. The number of hydrogen-bond acceptors (Lipinski definition) is 2. The Morgan fingerprint density at radius 2 is 2.27 bits per heavy atom. The van der Waals surface area contributed by atoms with Crippen molar-refractivity contribution >= 4 is 5.97 Å². The van der Waals surface area contributed by atoms with Crippen LogP contribution in [0.15, 0.2) is 12.2 Å². The van der Waals surface area contributed by atoms with E-state index in [1.165, 1.54) is 19.3 Å². The minimum Gasteiger partial charge on any atom is -0.456 e. The zero-order valence-corrected chi connectivity index (χ0v) is 9.71. The van der Waals surface area contributed by atoms with Gasteiger partial charge in [-0.25, -0.2) is 4.79 Å².